The number of hydrogen-bond acceptors (Lipinski definition) is 4. The third-order valence-corrected chi connectivity index (χ3v) is 1.79. The van der Waals surface area contributed by atoms with E-state index in [1.54, 1.807) is 12.1 Å². The van der Waals surface area contributed by atoms with Gasteiger partial charge in [-0.05, 0) is 17.7 Å². The first kappa shape index (κ1) is 10.7. The molecule has 2 N–H and O–H groups in total. The van der Waals surface area contributed by atoms with Crippen LogP contribution < -0.4 is 9.92 Å². The van der Waals surface area contributed by atoms with Gasteiger partial charge in [0.25, 0.3) is 0 Å². The molecular formula is C8H8NO4S-. The van der Waals surface area contributed by atoms with Gasteiger partial charge in [0.15, 0.2) is 0 Å². The van der Waals surface area contributed by atoms with Crippen LogP contribution in [0.5, 0.6) is 5.75 Å². The Morgan fingerprint density at radius 3 is 2.43 bits per heavy atom. The maximum Gasteiger partial charge on any atom is 0.221 e. The molecule has 0 fully saturated rings. The maximum atomic E-state index is 10.5. The summed E-state index contributed by atoms with van der Waals surface area (Å²) in [5, 5.41) is 0. The Bertz CT molecular complexity index is 314. The monoisotopic (exact) mass is 214 g/mol. The van der Waals surface area contributed by atoms with E-state index in [0.29, 0.717) is 5.56 Å². The predicted octanol–water partition coefficient (Wildman–Crippen LogP) is -0.113. The SMILES string of the molecule is NC(=O)Cc1ccc(OS(=O)[O-])cc1. The summed E-state index contributed by atoms with van der Waals surface area (Å²) < 4.78 is 24.6. The van der Waals surface area contributed by atoms with Crippen molar-refractivity contribution in [1.82, 2.24) is 0 Å². The molecule has 0 spiro atoms. The molecule has 0 aromatic heterocycles. The van der Waals surface area contributed by atoms with Gasteiger partial charge in [-0.1, -0.05) is 12.1 Å². The Labute approximate surface area is 83.4 Å². The number of carbonyl (C=O) groups is 1. The molecule has 6 heteroatoms. The molecule has 0 heterocycles. The van der Waals surface area contributed by atoms with Crippen LogP contribution in [0, 0.1) is 0 Å². The number of benzene rings is 1. The second kappa shape index (κ2) is 4.73. The van der Waals surface area contributed by atoms with Gasteiger partial charge in [-0.25, -0.2) is 4.21 Å². The summed E-state index contributed by atoms with van der Waals surface area (Å²) in [6.07, 6.45) is 0.126. The Morgan fingerprint density at radius 1 is 1.43 bits per heavy atom. The van der Waals surface area contributed by atoms with Crippen LogP contribution in [0.1, 0.15) is 5.56 Å². The summed E-state index contributed by atoms with van der Waals surface area (Å²) in [7, 11) is 0. The summed E-state index contributed by atoms with van der Waals surface area (Å²) in [5.74, 6) is -0.238. The highest BCUT2D eigenvalue weighted by Crippen LogP contribution is 2.12. The van der Waals surface area contributed by atoms with Gasteiger partial charge in [0.05, 0.1) is 6.42 Å². The number of primary amides is 1. The zero-order valence-corrected chi connectivity index (χ0v) is 7.95. The Kier molecular flexibility index (Phi) is 3.61. The highest BCUT2D eigenvalue weighted by atomic mass is 32.2. The van der Waals surface area contributed by atoms with Gasteiger partial charge in [-0.2, -0.15) is 0 Å². The molecule has 0 radical (unpaired) electrons. The molecule has 1 unspecified atom stereocenters. The van der Waals surface area contributed by atoms with Crippen molar-refractivity contribution in [3.63, 3.8) is 0 Å². The summed E-state index contributed by atoms with van der Waals surface area (Å²) >= 11 is -2.58. The van der Waals surface area contributed by atoms with Gasteiger partial charge in [0.1, 0.15) is 17.1 Å². The molecule has 1 atom stereocenters. The van der Waals surface area contributed by atoms with Crippen molar-refractivity contribution in [2.24, 2.45) is 5.73 Å². The zero-order valence-electron chi connectivity index (χ0n) is 7.14. The molecule has 1 amide bonds. The van der Waals surface area contributed by atoms with Crippen LogP contribution in [0.25, 0.3) is 0 Å². The Balaban J connectivity index is 2.68. The van der Waals surface area contributed by atoms with Crippen LogP contribution in [0.2, 0.25) is 0 Å². The lowest BCUT2D eigenvalue weighted by Crippen LogP contribution is -2.13. The molecule has 0 saturated carbocycles. The van der Waals surface area contributed by atoms with Crippen LogP contribution in [0.15, 0.2) is 24.3 Å². The third-order valence-electron chi connectivity index (χ3n) is 1.47. The Hall–Kier alpha value is -1.40. The zero-order chi connectivity index (χ0) is 10.6. The van der Waals surface area contributed by atoms with E-state index in [1.807, 2.05) is 0 Å². The number of nitrogens with two attached hydrogens (primary N) is 1. The smallest absolute Gasteiger partial charge is 0.221 e. The first-order valence-corrected chi connectivity index (χ1v) is 4.73. The van der Waals surface area contributed by atoms with E-state index < -0.39 is 17.3 Å². The summed E-state index contributed by atoms with van der Waals surface area (Å²) in [5.41, 5.74) is 5.68. The van der Waals surface area contributed by atoms with Gasteiger partial charge in [-0.3, -0.25) is 4.79 Å². The summed E-state index contributed by atoms with van der Waals surface area (Å²) in [4.78, 5) is 10.5. The molecule has 1 aromatic carbocycles. The summed E-state index contributed by atoms with van der Waals surface area (Å²) in [6, 6.07) is 6.06. The molecule has 1 rings (SSSR count). The first-order chi connectivity index (χ1) is 6.58. The average molecular weight is 214 g/mol. The number of rotatable bonds is 4. The van der Waals surface area contributed by atoms with Crippen LogP contribution in [-0.4, -0.2) is 14.7 Å². The normalized spacial score (nSPS) is 12.1. The molecule has 76 valence electrons. The molecule has 0 aliphatic heterocycles. The topological polar surface area (TPSA) is 92.5 Å². The molecule has 0 saturated heterocycles. The van der Waals surface area contributed by atoms with Crippen LogP contribution in [0.4, 0.5) is 0 Å². The number of hydrogen-bond donors (Lipinski definition) is 1. The Morgan fingerprint density at radius 2 is 2.00 bits per heavy atom. The van der Waals surface area contributed by atoms with Crippen LogP contribution in [0.3, 0.4) is 0 Å². The van der Waals surface area contributed by atoms with E-state index in [4.69, 9.17) is 5.73 Å². The second-order valence-electron chi connectivity index (χ2n) is 2.57. The lowest BCUT2D eigenvalue weighted by Gasteiger charge is -2.06. The lowest BCUT2D eigenvalue weighted by atomic mass is 10.1. The van der Waals surface area contributed by atoms with Crippen molar-refractivity contribution in [2.75, 3.05) is 0 Å². The molecule has 0 bridgehead atoms. The fourth-order valence-corrected chi connectivity index (χ4v) is 1.21. The van der Waals surface area contributed by atoms with Crippen LogP contribution >= 0.6 is 0 Å². The quantitative estimate of drug-likeness (QED) is 0.707. The van der Waals surface area contributed by atoms with Crippen molar-refractivity contribution in [2.45, 2.75) is 6.42 Å². The highest BCUT2D eigenvalue weighted by Gasteiger charge is 1.99. The molecule has 0 aliphatic carbocycles. The second-order valence-corrected chi connectivity index (χ2v) is 3.15. The fourth-order valence-electron chi connectivity index (χ4n) is 0.943. The lowest BCUT2D eigenvalue weighted by molar-refractivity contribution is -0.117. The average Bonchev–Trinajstić information content (AvgIpc) is 2.06. The minimum absolute atomic E-state index is 0.126. The van der Waals surface area contributed by atoms with Gasteiger partial charge in [-0.15, -0.1) is 0 Å². The van der Waals surface area contributed by atoms with Crippen LogP contribution in [-0.2, 0) is 22.6 Å². The van der Waals surface area contributed by atoms with E-state index in [9.17, 15) is 13.6 Å². The third kappa shape index (κ3) is 3.55. The van der Waals surface area contributed by atoms with Gasteiger partial charge in [0.2, 0.25) is 5.91 Å². The molecular weight excluding hydrogens is 206 g/mol. The predicted molar refractivity (Wildman–Crippen MR) is 48.9 cm³/mol. The van der Waals surface area contributed by atoms with Gasteiger partial charge < -0.3 is 14.5 Å². The van der Waals surface area contributed by atoms with E-state index >= 15 is 0 Å². The maximum absolute atomic E-state index is 10.5. The standard InChI is InChI=1S/C8H9NO4S/c9-8(10)5-6-1-3-7(4-2-6)13-14(11)12/h1-4H,5H2,(H2,9,10)(H,11,12)/p-1. The van der Waals surface area contributed by atoms with Gasteiger partial charge in [0, 0.05) is 0 Å². The minimum atomic E-state index is -2.58. The highest BCUT2D eigenvalue weighted by molar-refractivity contribution is 7.74. The van der Waals surface area contributed by atoms with Crippen molar-refractivity contribution in [3.05, 3.63) is 29.8 Å². The van der Waals surface area contributed by atoms with E-state index in [1.165, 1.54) is 12.1 Å². The van der Waals surface area contributed by atoms with E-state index in [2.05, 4.69) is 4.18 Å². The fraction of sp³-hybridized carbons (Fsp3) is 0.125. The number of carbonyl (C=O) groups excluding carboxylic acids is 1. The minimum Gasteiger partial charge on any atom is -0.740 e. The van der Waals surface area contributed by atoms with Gasteiger partial charge >= 0.3 is 0 Å². The van der Waals surface area contributed by atoms with Crippen molar-refractivity contribution in [1.29, 1.82) is 0 Å². The van der Waals surface area contributed by atoms with E-state index in [0.717, 1.165) is 0 Å². The molecule has 14 heavy (non-hydrogen) atoms. The summed E-state index contributed by atoms with van der Waals surface area (Å²) in [6.45, 7) is 0. The molecule has 1 aromatic rings. The van der Waals surface area contributed by atoms with Crippen molar-refractivity contribution < 1.29 is 17.7 Å². The van der Waals surface area contributed by atoms with Crippen molar-refractivity contribution in [3.8, 4) is 5.75 Å². The first-order valence-electron chi connectivity index (χ1n) is 3.73. The van der Waals surface area contributed by atoms with Crippen molar-refractivity contribution >= 4 is 17.3 Å². The molecule has 0 aliphatic rings. The largest absolute Gasteiger partial charge is 0.740 e. The number of amides is 1. The molecule has 5 nitrogen and oxygen atoms in total. The van der Waals surface area contributed by atoms with E-state index in [-0.39, 0.29) is 12.2 Å².